The Morgan fingerprint density at radius 3 is 2.58 bits per heavy atom. The van der Waals surface area contributed by atoms with E-state index >= 15 is 0 Å². The van der Waals surface area contributed by atoms with Gasteiger partial charge in [0.1, 0.15) is 4.95 Å². The maximum atomic E-state index is 11.2. The molecule has 0 saturated heterocycles. The van der Waals surface area contributed by atoms with E-state index in [4.69, 9.17) is 0 Å². The number of carbonyl (C=O) groups excluding carboxylic acids is 2. The Balaban J connectivity index is 2.86. The van der Waals surface area contributed by atoms with Gasteiger partial charge in [0.15, 0.2) is 0 Å². The average Bonchev–Trinajstić information content (AvgIpc) is 2.21. The molecule has 2 N–H and O–H groups in total. The van der Waals surface area contributed by atoms with Gasteiger partial charge in [0.25, 0.3) is 10.9 Å². The van der Waals surface area contributed by atoms with Crippen LogP contribution in [0.5, 0.6) is 0 Å². The van der Waals surface area contributed by atoms with E-state index in [0.29, 0.717) is 0 Å². The molecule has 0 aliphatic heterocycles. The van der Waals surface area contributed by atoms with Crippen LogP contribution in [0, 0.1) is 10.8 Å². The molecule has 0 spiro atoms. The van der Waals surface area contributed by atoms with Crippen molar-refractivity contribution in [2.75, 3.05) is 0 Å². The van der Waals surface area contributed by atoms with Crippen LogP contribution in [0.25, 0.3) is 0 Å². The number of alkyl halides is 1. The number of halogens is 2. The first kappa shape index (κ1) is 16.7. The summed E-state index contributed by atoms with van der Waals surface area (Å²) in [6, 6.07) is 0.0997. The van der Waals surface area contributed by atoms with Crippen LogP contribution in [0.3, 0.4) is 0 Å². The van der Waals surface area contributed by atoms with Crippen LogP contribution in [0.15, 0.2) is 5.10 Å². The molecule has 1 aliphatic rings. The second-order valence-corrected chi connectivity index (χ2v) is 7.85. The summed E-state index contributed by atoms with van der Waals surface area (Å²) in [4.78, 5) is 21.0. The molecule has 1 fully saturated rings. The second kappa shape index (κ2) is 6.37. The van der Waals surface area contributed by atoms with Crippen LogP contribution < -0.4 is 10.7 Å². The number of rotatable bonds is 4. The van der Waals surface area contributed by atoms with Crippen molar-refractivity contribution in [3.8, 4) is 0 Å². The van der Waals surface area contributed by atoms with Gasteiger partial charge in [0.05, 0.1) is 0 Å². The zero-order chi connectivity index (χ0) is 14.7. The minimum absolute atomic E-state index is 0.0997. The quantitative estimate of drug-likeness (QED) is 0.191. The predicted octanol–water partition coefficient (Wildman–Crippen LogP) is 3.24. The van der Waals surface area contributed by atoms with Gasteiger partial charge >= 0.3 is 0 Å². The topological polar surface area (TPSA) is 70.6 Å². The summed E-state index contributed by atoms with van der Waals surface area (Å²) in [6.07, 6.45) is 4.18. The monoisotopic (exact) mass is 395 g/mol. The SMILES string of the molecule is CC1(C)CC(NC(=O)Br)CC(C)(C(Br)NN=C=O)C1. The maximum Gasteiger partial charge on any atom is 0.287 e. The van der Waals surface area contributed by atoms with Gasteiger partial charge in [-0.3, -0.25) is 10.2 Å². The smallest absolute Gasteiger partial charge is 0.287 e. The molecule has 1 saturated carbocycles. The fraction of sp³-hybridized carbons (Fsp3) is 0.833. The van der Waals surface area contributed by atoms with E-state index in [0.717, 1.165) is 19.3 Å². The molecule has 0 bridgehead atoms. The molecule has 0 aromatic carbocycles. The van der Waals surface area contributed by atoms with E-state index in [1.807, 2.05) is 0 Å². The molecule has 1 rings (SSSR count). The number of carbonyl (C=O) groups is 1. The van der Waals surface area contributed by atoms with Crippen LogP contribution in [0.2, 0.25) is 0 Å². The Labute approximate surface area is 130 Å². The molecule has 1 aliphatic carbocycles. The molecular weight excluding hydrogens is 378 g/mol. The summed E-state index contributed by atoms with van der Waals surface area (Å²) in [5.74, 6) is 0. The lowest BCUT2D eigenvalue weighted by Crippen LogP contribution is -2.51. The van der Waals surface area contributed by atoms with Crippen LogP contribution in [-0.4, -0.2) is 21.9 Å². The van der Waals surface area contributed by atoms with Crippen LogP contribution in [0.1, 0.15) is 40.0 Å². The Hall–Kier alpha value is -0.390. The number of isocyanates is 1. The van der Waals surface area contributed by atoms with Crippen LogP contribution in [0.4, 0.5) is 4.79 Å². The van der Waals surface area contributed by atoms with E-state index in [1.165, 1.54) is 6.08 Å². The number of amides is 1. The van der Waals surface area contributed by atoms with Gasteiger partial charge in [0, 0.05) is 27.4 Å². The van der Waals surface area contributed by atoms with Crippen molar-refractivity contribution >= 4 is 42.8 Å². The Morgan fingerprint density at radius 2 is 2.05 bits per heavy atom. The van der Waals surface area contributed by atoms with Gasteiger partial charge in [0.2, 0.25) is 0 Å². The number of hydrogen-bond donors (Lipinski definition) is 2. The van der Waals surface area contributed by atoms with Crippen LogP contribution >= 0.6 is 31.9 Å². The molecule has 5 nitrogen and oxygen atoms in total. The molecule has 0 radical (unpaired) electrons. The largest absolute Gasteiger partial charge is 0.344 e. The van der Waals surface area contributed by atoms with Crippen molar-refractivity contribution in [2.45, 2.75) is 51.0 Å². The first-order valence-electron chi connectivity index (χ1n) is 6.11. The molecule has 3 atom stereocenters. The molecule has 7 heteroatoms. The first-order chi connectivity index (χ1) is 8.68. The van der Waals surface area contributed by atoms with Crippen molar-refractivity contribution in [1.29, 1.82) is 0 Å². The molecule has 0 aromatic rings. The highest BCUT2D eigenvalue weighted by atomic mass is 79.9. The molecule has 1 amide bonds. The van der Waals surface area contributed by atoms with Gasteiger partial charge in [-0.15, -0.1) is 0 Å². The lowest BCUT2D eigenvalue weighted by molar-refractivity contribution is 0.0681. The zero-order valence-electron chi connectivity index (χ0n) is 11.3. The summed E-state index contributed by atoms with van der Waals surface area (Å²) in [5.41, 5.74) is 2.73. The summed E-state index contributed by atoms with van der Waals surface area (Å²) < 4.78 is 0. The summed E-state index contributed by atoms with van der Waals surface area (Å²) in [7, 11) is 0. The fourth-order valence-corrected chi connectivity index (χ4v) is 4.01. The number of hydrogen-bond acceptors (Lipinski definition) is 4. The van der Waals surface area contributed by atoms with Crippen molar-refractivity contribution in [1.82, 2.24) is 10.7 Å². The minimum atomic E-state index is -0.192. The van der Waals surface area contributed by atoms with E-state index in [-0.39, 0.29) is 26.6 Å². The van der Waals surface area contributed by atoms with E-state index < -0.39 is 0 Å². The molecular formula is C12H19Br2N3O2. The van der Waals surface area contributed by atoms with Crippen LogP contribution in [-0.2, 0) is 4.79 Å². The molecule has 3 unspecified atom stereocenters. The highest BCUT2D eigenvalue weighted by Crippen LogP contribution is 2.49. The first-order valence-corrected chi connectivity index (χ1v) is 7.82. The van der Waals surface area contributed by atoms with Gasteiger partial charge in [-0.25, -0.2) is 4.79 Å². The lowest BCUT2D eigenvalue weighted by atomic mass is 9.62. The average molecular weight is 397 g/mol. The third-order valence-electron chi connectivity index (χ3n) is 3.55. The Morgan fingerprint density at radius 1 is 1.42 bits per heavy atom. The lowest BCUT2D eigenvalue weighted by Gasteiger charge is -2.48. The summed E-state index contributed by atoms with van der Waals surface area (Å²) in [6.45, 7) is 6.48. The highest BCUT2D eigenvalue weighted by molar-refractivity contribution is 9.18. The maximum absolute atomic E-state index is 11.2. The van der Waals surface area contributed by atoms with Crippen molar-refractivity contribution in [2.24, 2.45) is 15.9 Å². The Bertz CT molecular complexity index is 396. The van der Waals surface area contributed by atoms with E-state index in [9.17, 15) is 9.59 Å². The summed E-state index contributed by atoms with van der Waals surface area (Å²) >= 11 is 6.45. The van der Waals surface area contributed by atoms with Gasteiger partial charge in [-0.05, 0) is 24.7 Å². The van der Waals surface area contributed by atoms with Gasteiger partial charge < -0.3 is 5.32 Å². The van der Waals surface area contributed by atoms with Gasteiger partial charge in [-0.1, -0.05) is 41.8 Å². The van der Waals surface area contributed by atoms with E-state index in [1.54, 1.807) is 0 Å². The standard InChI is InChI=1S/C12H19Br2N3O2/c1-11(2)4-8(16-10(14)19)5-12(3,6-11)9(13)17-15-7-18/h8-9,17H,4-6H2,1-3H3,(H,16,19). The number of hydrazone groups is 1. The molecule has 108 valence electrons. The predicted molar refractivity (Wildman–Crippen MR) is 81.0 cm³/mol. The highest BCUT2D eigenvalue weighted by Gasteiger charge is 2.45. The summed E-state index contributed by atoms with van der Waals surface area (Å²) in [5, 5.41) is 6.35. The minimum Gasteiger partial charge on any atom is -0.344 e. The van der Waals surface area contributed by atoms with Crippen molar-refractivity contribution in [3.05, 3.63) is 0 Å². The number of nitrogens with zero attached hydrogens (tertiary/aromatic N) is 1. The molecule has 0 heterocycles. The molecule has 0 aromatic heterocycles. The fourth-order valence-electron chi connectivity index (χ4n) is 3.23. The molecule has 19 heavy (non-hydrogen) atoms. The zero-order valence-corrected chi connectivity index (χ0v) is 14.5. The third-order valence-corrected chi connectivity index (χ3v) is 5.09. The number of nitrogens with one attached hydrogen (secondary N) is 2. The van der Waals surface area contributed by atoms with Gasteiger partial charge in [-0.2, -0.15) is 0 Å². The third kappa shape index (κ3) is 4.89. The van der Waals surface area contributed by atoms with Crippen molar-refractivity contribution < 1.29 is 9.59 Å². The van der Waals surface area contributed by atoms with Crippen molar-refractivity contribution in [3.63, 3.8) is 0 Å². The normalized spacial score (nSPS) is 30.9. The van der Waals surface area contributed by atoms with E-state index in [2.05, 4.69) is 68.5 Å². The second-order valence-electron chi connectivity index (χ2n) is 6.21. The Kier molecular flexibility index (Phi) is 5.59.